The number of amides is 1. The molecule has 5 heteroatoms. The molecule has 0 radical (unpaired) electrons. The fourth-order valence-corrected chi connectivity index (χ4v) is 1.84. The highest BCUT2D eigenvalue weighted by Gasteiger charge is 2.23. The molecule has 15 heavy (non-hydrogen) atoms. The van der Waals surface area contributed by atoms with E-state index in [2.05, 4.69) is 10.3 Å². The Morgan fingerprint density at radius 2 is 2.47 bits per heavy atom. The third-order valence-corrected chi connectivity index (χ3v) is 2.61. The van der Waals surface area contributed by atoms with Gasteiger partial charge >= 0.3 is 0 Å². The van der Waals surface area contributed by atoms with Crippen molar-refractivity contribution < 1.29 is 4.79 Å². The van der Waals surface area contributed by atoms with Crippen LogP contribution in [0.4, 0.5) is 0 Å². The third-order valence-electron chi connectivity index (χ3n) is 2.61. The molecular weight excluding hydrogens is 192 g/mol. The number of rotatable bonds is 1. The fourth-order valence-electron chi connectivity index (χ4n) is 1.84. The van der Waals surface area contributed by atoms with Crippen molar-refractivity contribution >= 4 is 5.91 Å². The fraction of sp³-hybridized carbons (Fsp3) is 0.500. The monoisotopic (exact) mass is 204 g/mol. The van der Waals surface area contributed by atoms with Gasteiger partial charge in [-0.15, -0.1) is 0 Å². The molecule has 5 nitrogen and oxygen atoms in total. The second kappa shape index (κ2) is 4.13. The van der Waals surface area contributed by atoms with E-state index in [1.807, 2.05) is 6.07 Å². The maximum absolute atomic E-state index is 11.7. The van der Waals surface area contributed by atoms with Crippen LogP contribution in [0.1, 0.15) is 31.1 Å². The number of hydrogen-bond acceptors (Lipinski definition) is 3. The summed E-state index contributed by atoms with van der Waals surface area (Å²) in [5, 5.41) is 11.7. The minimum absolute atomic E-state index is 0.0120. The molecule has 0 saturated carbocycles. The third kappa shape index (κ3) is 1.84. The van der Waals surface area contributed by atoms with Gasteiger partial charge in [-0.3, -0.25) is 4.79 Å². The highest BCUT2D eigenvalue weighted by molar-refractivity contribution is 5.80. The van der Waals surface area contributed by atoms with Gasteiger partial charge < -0.3 is 9.88 Å². The van der Waals surface area contributed by atoms with Gasteiger partial charge in [-0.2, -0.15) is 5.26 Å². The Morgan fingerprint density at radius 3 is 3.27 bits per heavy atom. The van der Waals surface area contributed by atoms with Gasteiger partial charge in [0.2, 0.25) is 11.7 Å². The summed E-state index contributed by atoms with van der Waals surface area (Å²) in [6, 6.07) is 1.71. The number of hydrogen-bond donors (Lipinski definition) is 1. The second-order valence-electron chi connectivity index (χ2n) is 3.57. The van der Waals surface area contributed by atoms with E-state index in [0.717, 1.165) is 25.8 Å². The van der Waals surface area contributed by atoms with Crippen LogP contribution in [0.15, 0.2) is 12.4 Å². The van der Waals surface area contributed by atoms with Crippen molar-refractivity contribution in [1.82, 2.24) is 14.9 Å². The average molecular weight is 204 g/mol. The minimum atomic E-state index is -0.273. The Morgan fingerprint density at radius 1 is 1.60 bits per heavy atom. The van der Waals surface area contributed by atoms with E-state index < -0.39 is 0 Å². The Balaban J connectivity index is 2.28. The van der Waals surface area contributed by atoms with Gasteiger partial charge in [0.1, 0.15) is 12.1 Å². The van der Waals surface area contributed by atoms with Crippen molar-refractivity contribution in [3.05, 3.63) is 18.2 Å². The number of nitrogens with one attached hydrogen (secondary N) is 1. The second-order valence-corrected chi connectivity index (χ2v) is 3.57. The first-order valence-corrected chi connectivity index (χ1v) is 5.03. The molecule has 1 fully saturated rings. The molecule has 0 spiro atoms. The Hall–Kier alpha value is -1.83. The van der Waals surface area contributed by atoms with Crippen molar-refractivity contribution in [2.75, 3.05) is 6.54 Å². The summed E-state index contributed by atoms with van der Waals surface area (Å²) in [6.45, 7) is 0.728. The Labute approximate surface area is 87.7 Å². The van der Waals surface area contributed by atoms with Gasteiger partial charge in [-0.05, 0) is 19.3 Å². The first-order chi connectivity index (χ1) is 7.33. The molecule has 0 aromatic carbocycles. The van der Waals surface area contributed by atoms with E-state index in [1.165, 1.54) is 0 Å². The van der Waals surface area contributed by atoms with E-state index in [9.17, 15) is 4.79 Å². The van der Waals surface area contributed by atoms with Crippen LogP contribution in [0.3, 0.4) is 0 Å². The molecule has 1 unspecified atom stereocenters. The van der Waals surface area contributed by atoms with Crippen LogP contribution in [0, 0.1) is 11.3 Å². The first kappa shape index (κ1) is 9.71. The van der Waals surface area contributed by atoms with Crippen molar-refractivity contribution in [1.29, 1.82) is 5.26 Å². The molecule has 0 bridgehead atoms. The normalized spacial score (nSPS) is 21.5. The van der Waals surface area contributed by atoms with Crippen molar-refractivity contribution in [3.8, 4) is 6.07 Å². The van der Waals surface area contributed by atoms with Crippen LogP contribution in [0.25, 0.3) is 0 Å². The highest BCUT2D eigenvalue weighted by Crippen LogP contribution is 2.19. The molecule has 78 valence electrons. The minimum Gasteiger partial charge on any atom is -0.354 e. The summed E-state index contributed by atoms with van der Waals surface area (Å²) in [5.74, 6) is 0.291. The maximum Gasteiger partial charge on any atom is 0.243 e. The zero-order chi connectivity index (χ0) is 10.7. The van der Waals surface area contributed by atoms with Crippen LogP contribution < -0.4 is 5.32 Å². The molecule has 1 aliphatic heterocycles. The first-order valence-electron chi connectivity index (χ1n) is 5.03. The van der Waals surface area contributed by atoms with Gasteiger partial charge in [0.15, 0.2) is 0 Å². The van der Waals surface area contributed by atoms with E-state index in [4.69, 9.17) is 5.26 Å². The van der Waals surface area contributed by atoms with Gasteiger partial charge in [0.05, 0.1) is 0 Å². The van der Waals surface area contributed by atoms with Crippen LogP contribution in [0.2, 0.25) is 0 Å². The Kier molecular flexibility index (Phi) is 2.68. The topological polar surface area (TPSA) is 70.7 Å². The smallest absolute Gasteiger partial charge is 0.243 e. The quantitative estimate of drug-likeness (QED) is 0.728. The summed E-state index contributed by atoms with van der Waals surface area (Å²) in [6.07, 6.45) is 6.01. The zero-order valence-electron chi connectivity index (χ0n) is 8.31. The molecule has 2 rings (SSSR count). The lowest BCUT2D eigenvalue weighted by Gasteiger charge is -2.14. The lowest BCUT2D eigenvalue weighted by Crippen LogP contribution is -2.31. The van der Waals surface area contributed by atoms with Gasteiger partial charge in [0, 0.05) is 18.9 Å². The number of imidazole rings is 1. The van der Waals surface area contributed by atoms with E-state index in [0.29, 0.717) is 5.82 Å². The molecule has 1 aliphatic rings. The molecule has 1 N–H and O–H groups in total. The van der Waals surface area contributed by atoms with Crippen LogP contribution in [-0.4, -0.2) is 22.0 Å². The molecule has 2 heterocycles. The molecule has 1 atom stereocenters. The van der Waals surface area contributed by atoms with Crippen molar-refractivity contribution in [2.45, 2.75) is 25.3 Å². The molecule has 1 saturated heterocycles. The summed E-state index contributed by atoms with van der Waals surface area (Å²) in [4.78, 5) is 15.6. The van der Waals surface area contributed by atoms with Gasteiger partial charge in [-0.25, -0.2) is 4.98 Å². The predicted molar refractivity (Wildman–Crippen MR) is 52.8 cm³/mol. The average Bonchev–Trinajstić information content (AvgIpc) is 2.61. The molecule has 1 aromatic rings. The number of aromatic nitrogens is 2. The Bertz CT molecular complexity index is 404. The maximum atomic E-state index is 11.7. The molecular formula is C10H12N4O. The van der Waals surface area contributed by atoms with E-state index in [-0.39, 0.29) is 11.9 Å². The van der Waals surface area contributed by atoms with Crippen molar-refractivity contribution in [2.24, 2.45) is 0 Å². The summed E-state index contributed by atoms with van der Waals surface area (Å²) < 4.78 is 1.65. The largest absolute Gasteiger partial charge is 0.354 e. The summed E-state index contributed by atoms with van der Waals surface area (Å²) in [5.41, 5.74) is 0. The lowest BCUT2D eigenvalue weighted by molar-refractivity contribution is -0.124. The SMILES string of the molecule is N#Cc1nccn1C1CCCCNC1=O. The van der Waals surface area contributed by atoms with E-state index >= 15 is 0 Å². The van der Waals surface area contributed by atoms with Gasteiger partial charge in [0.25, 0.3) is 0 Å². The molecule has 1 aromatic heterocycles. The number of carbonyl (C=O) groups excluding carboxylic acids is 1. The summed E-state index contributed by atoms with van der Waals surface area (Å²) >= 11 is 0. The van der Waals surface area contributed by atoms with Crippen molar-refractivity contribution in [3.63, 3.8) is 0 Å². The predicted octanol–water partition coefficient (Wildman–Crippen LogP) is 0.596. The molecule has 0 aliphatic carbocycles. The van der Waals surface area contributed by atoms with Gasteiger partial charge in [-0.1, -0.05) is 0 Å². The zero-order valence-corrected chi connectivity index (χ0v) is 8.31. The number of nitrogens with zero attached hydrogens (tertiary/aromatic N) is 3. The summed E-state index contributed by atoms with van der Waals surface area (Å²) in [7, 11) is 0. The highest BCUT2D eigenvalue weighted by atomic mass is 16.2. The standard InChI is InChI=1S/C10H12N4O/c11-7-9-12-5-6-14(9)8-3-1-2-4-13-10(8)15/h5-6,8H,1-4H2,(H,13,15). The number of carbonyl (C=O) groups is 1. The van der Waals surface area contributed by atoms with Crippen LogP contribution in [-0.2, 0) is 4.79 Å². The van der Waals surface area contributed by atoms with Crippen LogP contribution in [0.5, 0.6) is 0 Å². The van der Waals surface area contributed by atoms with Crippen LogP contribution >= 0.6 is 0 Å². The molecule has 1 amide bonds. The lowest BCUT2D eigenvalue weighted by atomic mass is 10.1. The number of nitriles is 1. The van der Waals surface area contributed by atoms with E-state index in [1.54, 1.807) is 17.0 Å².